The molecule has 2 aromatic rings. The molecule has 0 radical (unpaired) electrons. The van der Waals surface area contributed by atoms with Crippen LogP contribution in [0.15, 0.2) is 24.3 Å². The Morgan fingerprint density at radius 2 is 2.35 bits per heavy atom. The molecule has 0 spiro atoms. The minimum Gasteiger partial charge on any atom is -0.326 e. The summed E-state index contributed by atoms with van der Waals surface area (Å²) in [5.41, 5.74) is 3.62. The molecule has 1 aliphatic rings. The number of likely N-dealkylation sites (tertiary alicyclic amines) is 1. The van der Waals surface area contributed by atoms with Crippen molar-refractivity contribution >= 4 is 11.4 Å². The second-order valence-electron chi connectivity index (χ2n) is 5.91. The topological polar surface area (TPSA) is 103 Å². The fourth-order valence-electron chi connectivity index (χ4n) is 2.93. The maximum Gasteiger partial charge on any atom is 0.271 e. The molecule has 0 saturated carbocycles. The molecule has 0 amide bonds. The molecule has 1 fully saturated rings. The quantitative estimate of drug-likeness (QED) is 0.611. The van der Waals surface area contributed by atoms with Gasteiger partial charge in [-0.05, 0) is 42.7 Å². The first-order chi connectivity index (χ1) is 11.1. The molecule has 3 rings (SSSR count). The van der Waals surface area contributed by atoms with Crippen LogP contribution in [0.3, 0.4) is 0 Å². The van der Waals surface area contributed by atoms with Crippen molar-refractivity contribution in [1.29, 1.82) is 0 Å². The van der Waals surface area contributed by atoms with Crippen molar-refractivity contribution < 1.29 is 9.82 Å². The molecule has 1 aliphatic heterocycles. The van der Waals surface area contributed by atoms with Gasteiger partial charge in [0.25, 0.3) is 5.69 Å². The minimum atomic E-state index is -0.425. The highest BCUT2D eigenvalue weighted by Gasteiger charge is 2.24. The number of quaternary nitrogens is 1. The lowest BCUT2D eigenvalue weighted by molar-refractivity contribution is -0.942. The molecule has 23 heavy (non-hydrogen) atoms. The number of piperidine rings is 1. The molecule has 1 aromatic heterocycles. The van der Waals surface area contributed by atoms with Crippen LogP contribution in [0.2, 0.25) is 0 Å². The zero-order chi connectivity index (χ0) is 16.2. The van der Waals surface area contributed by atoms with E-state index in [0.29, 0.717) is 11.7 Å². The molecule has 2 atom stereocenters. The molecule has 1 saturated heterocycles. The van der Waals surface area contributed by atoms with Gasteiger partial charge in [-0.1, -0.05) is 6.07 Å². The van der Waals surface area contributed by atoms with Gasteiger partial charge < -0.3 is 4.90 Å². The average molecular weight is 318 g/mol. The van der Waals surface area contributed by atoms with E-state index in [2.05, 4.69) is 27.9 Å². The summed E-state index contributed by atoms with van der Waals surface area (Å²) in [6, 6.07) is 6.87. The van der Waals surface area contributed by atoms with E-state index in [4.69, 9.17) is 0 Å². The van der Waals surface area contributed by atoms with E-state index in [0.717, 1.165) is 18.9 Å². The van der Waals surface area contributed by atoms with E-state index in [9.17, 15) is 10.1 Å². The van der Waals surface area contributed by atoms with Crippen LogP contribution < -0.4 is 10.3 Å². The number of non-ortho nitro benzene ring substituents is 1. The summed E-state index contributed by atoms with van der Waals surface area (Å²) in [6.45, 7) is 4.09. The molecule has 2 heterocycles. The number of tetrazole rings is 1. The van der Waals surface area contributed by atoms with Gasteiger partial charge in [0, 0.05) is 12.1 Å². The first-order valence-corrected chi connectivity index (χ1v) is 7.77. The summed E-state index contributed by atoms with van der Waals surface area (Å²) >= 11 is 0. The summed E-state index contributed by atoms with van der Waals surface area (Å²) in [4.78, 5) is 13.4. The lowest BCUT2D eigenvalue weighted by Gasteiger charge is -2.29. The van der Waals surface area contributed by atoms with Crippen LogP contribution in [-0.4, -0.2) is 37.8 Å². The Morgan fingerprint density at radius 3 is 3.13 bits per heavy atom. The number of nitro benzene ring substituents is 1. The van der Waals surface area contributed by atoms with Crippen molar-refractivity contribution in [3.63, 3.8) is 0 Å². The van der Waals surface area contributed by atoms with Crippen molar-refractivity contribution in [2.45, 2.75) is 38.8 Å². The number of hydrogen-bond acceptors (Lipinski definition) is 6. The zero-order valence-corrected chi connectivity index (χ0v) is 13.0. The van der Waals surface area contributed by atoms with E-state index >= 15 is 0 Å². The third kappa shape index (κ3) is 3.62. The predicted octanol–water partition coefficient (Wildman–Crippen LogP) is 0.414. The molecule has 0 aliphatic carbocycles. The van der Waals surface area contributed by atoms with E-state index in [1.54, 1.807) is 12.1 Å². The molecular weight excluding hydrogens is 298 g/mol. The second-order valence-corrected chi connectivity index (χ2v) is 5.91. The van der Waals surface area contributed by atoms with Crippen molar-refractivity contribution in [2.24, 2.45) is 0 Å². The van der Waals surface area contributed by atoms with E-state index in [-0.39, 0.29) is 5.69 Å². The van der Waals surface area contributed by atoms with Crippen LogP contribution >= 0.6 is 0 Å². The Morgan fingerprint density at radius 1 is 1.48 bits per heavy atom. The SMILES string of the molecule is C[C@H]1CCCC[NH+]1Cc1nnnn1Nc1cccc([N+](=O)[O-])c1. The third-order valence-electron chi connectivity index (χ3n) is 4.29. The zero-order valence-electron chi connectivity index (χ0n) is 13.0. The number of nitrogens with one attached hydrogen (secondary N) is 2. The maximum absolute atomic E-state index is 10.8. The van der Waals surface area contributed by atoms with Crippen LogP contribution in [0.1, 0.15) is 32.0 Å². The second kappa shape index (κ2) is 6.69. The monoisotopic (exact) mass is 318 g/mol. The Kier molecular flexibility index (Phi) is 4.47. The van der Waals surface area contributed by atoms with E-state index in [1.807, 2.05) is 0 Å². The van der Waals surface area contributed by atoms with Gasteiger partial charge in [0.2, 0.25) is 5.82 Å². The predicted molar refractivity (Wildman–Crippen MR) is 82.8 cm³/mol. The number of anilines is 1. The number of hydrogen-bond donors (Lipinski definition) is 2. The van der Waals surface area contributed by atoms with Crippen LogP contribution in [0.4, 0.5) is 11.4 Å². The van der Waals surface area contributed by atoms with Crippen LogP contribution in [0, 0.1) is 10.1 Å². The molecule has 1 aromatic carbocycles. The largest absolute Gasteiger partial charge is 0.326 e. The fraction of sp³-hybridized carbons (Fsp3) is 0.500. The lowest BCUT2D eigenvalue weighted by Crippen LogP contribution is -3.15. The van der Waals surface area contributed by atoms with Gasteiger partial charge in [-0.15, -0.1) is 9.89 Å². The standard InChI is InChI=1S/C14H19N7O2/c1-11-5-2-3-8-19(11)10-14-15-17-18-20(14)16-12-6-4-7-13(9-12)21(22)23/h4,6-7,9,11,16H,2-3,5,8,10H2,1H3/p+1/t11-/m0/s1. The van der Waals surface area contributed by atoms with E-state index in [1.165, 1.54) is 41.1 Å². The Bertz CT molecular complexity index is 687. The number of nitrogens with zero attached hydrogens (tertiary/aromatic N) is 5. The van der Waals surface area contributed by atoms with Crippen LogP contribution in [0.25, 0.3) is 0 Å². The molecule has 0 bridgehead atoms. The summed E-state index contributed by atoms with van der Waals surface area (Å²) in [7, 11) is 0. The Labute approximate surface area is 133 Å². The highest BCUT2D eigenvalue weighted by molar-refractivity contribution is 5.50. The van der Waals surface area contributed by atoms with Crippen molar-refractivity contribution in [3.8, 4) is 0 Å². The molecule has 1 unspecified atom stereocenters. The lowest BCUT2D eigenvalue weighted by atomic mass is 10.0. The first-order valence-electron chi connectivity index (χ1n) is 7.77. The number of rotatable bonds is 5. The Hall–Kier alpha value is -2.55. The summed E-state index contributed by atoms with van der Waals surface area (Å²) in [5, 5.41) is 22.6. The van der Waals surface area contributed by atoms with Gasteiger partial charge in [-0.25, -0.2) is 0 Å². The normalized spacial score (nSPS) is 21.1. The van der Waals surface area contributed by atoms with Gasteiger partial charge in [0.05, 0.1) is 23.2 Å². The molecule has 9 nitrogen and oxygen atoms in total. The summed E-state index contributed by atoms with van der Waals surface area (Å²) < 4.78 is 0. The molecular formula is C14H20N7O2+. The van der Waals surface area contributed by atoms with Gasteiger partial charge in [0.15, 0.2) is 0 Å². The smallest absolute Gasteiger partial charge is 0.271 e. The highest BCUT2D eigenvalue weighted by Crippen LogP contribution is 2.17. The number of nitro groups is 1. The van der Waals surface area contributed by atoms with Crippen LogP contribution in [-0.2, 0) is 6.54 Å². The molecule has 2 N–H and O–H groups in total. The first kappa shape index (κ1) is 15.3. The fourth-order valence-corrected chi connectivity index (χ4v) is 2.93. The summed E-state index contributed by atoms with van der Waals surface area (Å²) in [5.74, 6) is 0.722. The number of benzene rings is 1. The average Bonchev–Trinajstić information content (AvgIpc) is 2.97. The highest BCUT2D eigenvalue weighted by atomic mass is 16.6. The summed E-state index contributed by atoms with van der Waals surface area (Å²) in [6.07, 6.45) is 3.72. The third-order valence-corrected chi connectivity index (χ3v) is 4.29. The van der Waals surface area contributed by atoms with Gasteiger partial charge in [-0.2, -0.15) is 0 Å². The minimum absolute atomic E-state index is 0.0277. The maximum atomic E-state index is 10.8. The number of aromatic nitrogens is 4. The van der Waals surface area contributed by atoms with Crippen molar-refractivity contribution in [2.75, 3.05) is 12.0 Å². The molecule has 9 heteroatoms. The van der Waals surface area contributed by atoms with Crippen LogP contribution in [0.5, 0.6) is 0 Å². The van der Waals surface area contributed by atoms with E-state index < -0.39 is 4.92 Å². The van der Waals surface area contributed by atoms with Crippen molar-refractivity contribution in [3.05, 3.63) is 40.2 Å². The van der Waals surface area contributed by atoms with Gasteiger partial charge >= 0.3 is 0 Å². The van der Waals surface area contributed by atoms with Crippen molar-refractivity contribution in [1.82, 2.24) is 20.3 Å². The van der Waals surface area contributed by atoms with Gasteiger partial charge in [-0.3, -0.25) is 15.5 Å². The van der Waals surface area contributed by atoms with Gasteiger partial charge in [0.1, 0.15) is 6.54 Å². The molecule has 122 valence electrons. The Balaban J connectivity index is 1.73.